The fraction of sp³-hybridized carbons (Fsp3) is 0.435. The Kier molecular flexibility index (Phi) is 5.92. The van der Waals surface area contributed by atoms with Gasteiger partial charge in [0.25, 0.3) is 0 Å². The molecular weight excluding hydrogens is 372 g/mol. The Hall–Kier alpha value is -2.31. The van der Waals surface area contributed by atoms with Crippen molar-refractivity contribution in [2.45, 2.75) is 12.5 Å². The van der Waals surface area contributed by atoms with Crippen LogP contribution in [0.5, 0.6) is 0 Å². The lowest BCUT2D eigenvalue weighted by Gasteiger charge is -2.40. The molecule has 2 heterocycles. The third-order valence-electron chi connectivity index (χ3n) is 6.10. The van der Waals surface area contributed by atoms with Crippen LogP contribution in [0, 0.1) is 17.6 Å². The first-order chi connectivity index (χ1) is 14.0. The summed E-state index contributed by atoms with van der Waals surface area (Å²) < 4.78 is 26.9. The molecule has 0 spiro atoms. The molecule has 1 amide bonds. The van der Waals surface area contributed by atoms with Gasteiger partial charge in [0.15, 0.2) is 0 Å². The van der Waals surface area contributed by atoms with Crippen molar-refractivity contribution in [3.63, 3.8) is 0 Å². The van der Waals surface area contributed by atoms with E-state index in [1.165, 1.54) is 24.3 Å². The third-order valence-corrected chi connectivity index (χ3v) is 6.10. The monoisotopic (exact) mass is 399 g/mol. The number of nitrogens with zero attached hydrogens (tertiary/aromatic N) is 3. The Balaban J connectivity index is 1.50. The van der Waals surface area contributed by atoms with Crippen LogP contribution < -0.4 is 0 Å². The maximum absolute atomic E-state index is 13.5. The molecule has 0 unspecified atom stereocenters. The zero-order valence-corrected chi connectivity index (χ0v) is 16.7. The van der Waals surface area contributed by atoms with Crippen LogP contribution in [0.3, 0.4) is 0 Å². The van der Waals surface area contributed by atoms with Gasteiger partial charge in [0.2, 0.25) is 5.91 Å². The van der Waals surface area contributed by atoms with Gasteiger partial charge in [-0.15, -0.1) is 0 Å². The molecule has 0 aromatic heterocycles. The summed E-state index contributed by atoms with van der Waals surface area (Å²) in [4.78, 5) is 19.3. The summed E-state index contributed by atoms with van der Waals surface area (Å²) in [6.07, 6.45) is 0.934. The van der Waals surface area contributed by atoms with Gasteiger partial charge < -0.3 is 9.80 Å². The van der Waals surface area contributed by atoms with E-state index in [1.807, 2.05) is 4.90 Å². The molecule has 2 aliphatic rings. The van der Waals surface area contributed by atoms with Crippen molar-refractivity contribution in [2.24, 2.45) is 5.92 Å². The largest absolute Gasteiger partial charge is 0.340 e. The van der Waals surface area contributed by atoms with E-state index in [9.17, 15) is 13.6 Å². The second kappa shape index (κ2) is 8.59. The number of amides is 1. The molecule has 2 aromatic carbocycles. The predicted molar refractivity (Wildman–Crippen MR) is 108 cm³/mol. The number of likely N-dealkylation sites (tertiary alicyclic amines) is 1. The van der Waals surface area contributed by atoms with E-state index in [0.717, 1.165) is 43.7 Å². The van der Waals surface area contributed by atoms with E-state index >= 15 is 0 Å². The molecule has 0 N–H and O–H groups in total. The molecule has 4 nitrogen and oxygen atoms in total. The van der Waals surface area contributed by atoms with Crippen LogP contribution in [-0.2, 0) is 4.79 Å². The van der Waals surface area contributed by atoms with E-state index < -0.39 is 0 Å². The highest BCUT2D eigenvalue weighted by molar-refractivity contribution is 5.79. The molecule has 2 aliphatic heterocycles. The van der Waals surface area contributed by atoms with Crippen molar-refractivity contribution < 1.29 is 13.6 Å². The fourth-order valence-corrected chi connectivity index (χ4v) is 4.50. The van der Waals surface area contributed by atoms with E-state index in [-0.39, 0.29) is 29.5 Å². The minimum absolute atomic E-state index is 0.0916. The summed E-state index contributed by atoms with van der Waals surface area (Å²) >= 11 is 0. The van der Waals surface area contributed by atoms with Gasteiger partial charge in [-0.05, 0) is 55.4 Å². The van der Waals surface area contributed by atoms with Crippen molar-refractivity contribution in [1.82, 2.24) is 14.7 Å². The Labute approximate surface area is 170 Å². The zero-order valence-electron chi connectivity index (χ0n) is 16.7. The number of hydrogen-bond acceptors (Lipinski definition) is 3. The number of hydrogen-bond donors (Lipinski definition) is 0. The molecule has 1 atom stereocenters. The lowest BCUT2D eigenvalue weighted by atomic mass is 9.96. The molecule has 154 valence electrons. The molecule has 0 bridgehead atoms. The second-order valence-corrected chi connectivity index (χ2v) is 8.11. The zero-order chi connectivity index (χ0) is 20.4. The van der Waals surface area contributed by atoms with Gasteiger partial charge in [0, 0.05) is 32.7 Å². The quantitative estimate of drug-likeness (QED) is 0.790. The summed E-state index contributed by atoms with van der Waals surface area (Å²) in [7, 11) is 2.06. The van der Waals surface area contributed by atoms with Gasteiger partial charge in [-0.25, -0.2) is 8.78 Å². The number of rotatable bonds is 4. The van der Waals surface area contributed by atoms with Crippen molar-refractivity contribution in [3.8, 4) is 0 Å². The van der Waals surface area contributed by atoms with Gasteiger partial charge >= 0.3 is 0 Å². The Morgan fingerprint density at radius 2 is 1.38 bits per heavy atom. The molecule has 2 fully saturated rings. The molecular formula is C23H27F2N3O. The van der Waals surface area contributed by atoms with Crippen LogP contribution >= 0.6 is 0 Å². The molecule has 0 saturated carbocycles. The number of halogens is 2. The maximum atomic E-state index is 13.5. The van der Waals surface area contributed by atoms with Gasteiger partial charge in [0.05, 0.1) is 12.0 Å². The predicted octanol–water partition coefficient (Wildman–Crippen LogP) is 3.15. The number of carbonyl (C=O) groups excluding carboxylic acids is 1. The van der Waals surface area contributed by atoms with Gasteiger partial charge in [0.1, 0.15) is 11.6 Å². The maximum Gasteiger partial charge on any atom is 0.227 e. The number of carbonyl (C=O) groups is 1. The summed E-state index contributed by atoms with van der Waals surface area (Å²) in [5, 5.41) is 0. The van der Waals surface area contributed by atoms with Gasteiger partial charge in [-0.2, -0.15) is 0 Å². The second-order valence-electron chi connectivity index (χ2n) is 8.11. The summed E-state index contributed by atoms with van der Waals surface area (Å²) in [6, 6.07) is 12.9. The molecule has 29 heavy (non-hydrogen) atoms. The summed E-state index contributed by atoms with van der Waals surface area (Å²) in [5.74, 6) is -0.183. The average Bonchev–Trinajstić information content (AvgIpc) is 3.17. The smallest absolute Gasteiger partial charge is 0.227 e. The lowest BCUT2D eigenvalue weighted by molar-refractivity contribution is -0.137. The van der Waals surface area contributed by atoms with Crippen molar-refractivity contribution in [2.75, 3.05) is 46.3 Å². The molecule has 2 saturated heterocycles. The first kappa shape index (κ1) is 20.0. The Morgan fingerprint density at radius 1 is 0.862 bits per heavy atom. The van der Waals surface area contributed by atoms with Crippen molar-refractivity contribution >= 4 is 5.91 Å². The lowest BCUT2D eigenvalue weighted by Crippen LogP contribution is -2.51. The molecule has 6 heteroatoms. The van der Waals surface area contributed by atoms with Crippen LogP contribution in [0.4, 0.5) is 8.78 Å². The van der Waals surface area contributed by atoms with Crippen LogP contribution in [0.25, 0.3) is 0 Å². The summed E-state index contributed by atoms with van der Waals surface area (Å²) in [6.45, 7) is 4.64. The standard InChI is InChI=1S/C23H27F2N3O/c1-26-11-10-19(16-26)23(29)28-14-12-27(13-15-28)22(17-2-6-20(24)7-3-17)18-4-8-21(25)9-5-18/h2-9,19,22H,10-16H2,1H3/t19-/m0/s1. The summed E-state index contributed by atoms with van der Waals surface area (Å²) in [5.41, 5.74) is 1.94. The minimum atomic E-state index is -0.274. The van der Waals surface area contributed by atoms with Crippen LogP contribution in [-0.4, -0.2) is 66.9 Å². The van der Waals surface area contributed by atoms with E-state index in [1.54, 1.807) is 24.3 Å². The SMILES string of the molecule is CN1CC[C@H](C(=O)N2CCN(C(c3ccc(F)cc3)c3ccc(F)cc3)CC2)C1. The van der Waals surface area contributed by atoms with Crippen LogP contribution in [0.15, 0.2) is 48.5 Å². The molecule has 0 radical (unpaired) electrons. The highest BCUT2D eigenvalue weighted by Crippen LogP contribution is 2.30. The van der Waals surface area contributed by atoms with E-state index in [4.69, 9.17) is 0 Å². The topological polar surface area (TPSA) is 26.8 Å². The Bertz CT molecular complexity index is 787. The Morgan fingerprint density at radius 3 is 1.83 bits per heavy atom. The van der Waals surface area contributed by atoms with Crippen LogP contribution in [0.2, 0.25) is 0 Å². The third kappa shape index (κ3) is 4.49. The van der Waals surface area contributed by atoms with Gasteiger partial charge in [-0.3, -0.25) is 9.69 Å². The highest BCUT2D eigenvalue weighted by Gasteiger charge is 2.33. The molecule has 0 aliphatic carbocycles. The number of benzene rings is 2. The minimum Gasteiger partial charge on any atom is -0.340 e. The highest BCUT2D eigenvalue weighted by atomic mass is 19.1. The van der Waals surface area contributed by atoms with E-state index in [2.05, 4.69) is 16.8 Å². The van der Waals surface area contributed by atoms with Crippen LogP contribution in [0.1, 0.15) is 23.6 Å². The van der Waals surface area contributed by atoms with Crippen molar-refractivity contribution in [3.05, 3.63) is 71.3 Å². The van der Waals surface area contributed by atoms with E-state index in [0.29, 0.717) is 13.1 Å². The first-order valence-electron chi connectivity index (χ1n) is 10.2. The molecule has 2 aromatic rings. The number of piperazine rings is 1. The molecule has 4 rings (SSSR count). The fourth-order valence-electron chi connectivity index (χ4n) is 4.50. The van der Waals surface area contributed by atoms with Crippen molar-refractivity contribution in [1.29, 1.82) is 0 Å². The first-order valence-corrected chi connectivity index (χ1v) is 10.2. The normalized spacial score (nSPS) is 21.1. The average molecular weight is 399 g/mol. The van der Waals surface area contributed by atoms with Gasteiger partial charge in [-0.1, -0.05) is 24.3 Å².